The van der Waals surface area contributed by atoms with Crippen LogP contribution in [-0.2, 0) is 0 Å². The van der Waals surface area contributed by atoms with E-state index < -0.39 is 0 Å². The summed E-state index contributed by atoms with van der Waals surface area (Å²) in [5, 5.41) is 9.84. The van der Waals surface area contributed by atoms with Gasteiger partial charge in [0.1, 0.15) is 5.75 Å². The van der Waals surface area contributed by atoms with Crippen molar-refractivity contribution in [3.63, 3.8) is 0 Å². The Labute approximate surface area is 89.1 Å². The van der Waals surface area contributed by atoms with Crippen LogP contribution in [0.1, 0.15) is 24.9 Å². The van der Waals surface area contributed by atoms with E-state index >= 15 is 0 Å². The van der Waals surface area contributed by atoms with Gasteiger partial charge in [0.05, 0.1) is 5.02 Å². The lowest BCUT2D eigenvalue weighted by Crippen LogP contribution is -2.08. The maximum atomic E-state index is 9.49. The summed E-state index contributed by atoms with van der Waals surface area (Å²) in [6.45, 7) is 1.96. The average Bonchev–Trinajstić information content (AvgIpc) is 2.08. The molecule has 0 saturated carbocycles. The van der Waals surface area contributed by atoms with Crippen LogP contribution in [-0.4, -0.2) is 5.11 Å². The van der Waals surface area contributed by atoms with E-state index in [2.05, 4.69) is 0 Å². The summed E-state index contributed by atoms with van der Waals surface area (Å²) in [4.78, 5) is 0. The zero-order valence-corrected chi connectivity index (χ0v) is 8.90. The molecule has 0 heterocycles. The molecule has 74 valence electrons. The second kappa shape index (κ2) is 5.32. The van der Waals surface area contributed by atoms with E-state index in [1.807, 2.05) is 6.92 Å². The van der Waals surface area contributed by atoms with Crippen molar-refractivity contribution in [3.8, 4) is 5.75 Å². The smallest absolute Gasteiger partial charge is 0.138 e. The predicted octanol–water partition coefficient (Wildman–Crippen LogP) is 2.88. The maximum absolute atomic E-state index is 9.49. The molecule has 3 N–H and O–H groups in total. The topological polar surface area (TPSA) is 46.2 Å². The number of halogens is 2. The molecule has 0 spiro atoms. The van der Waals surface area contributed by atoms with Crippen LogP contribution in [0, 0.1) is 0 Å². The van der Waals surface area contributed by atoms with Crippen LogP contribution in [0.4, 0.5) is 0 Å². The number of para-hydroxylation sites is 1. The molecule has 0 fully saturated rings. The highest BCUT2D eigenvalue weighted by Crippen LogP contribution is 2.31. The van der Waals surface area contributed by atoms with Crippen LogP contribution in [0.15, 0.2) is 18.2 Å². The first kappa shape index (κ1) is 12.6. The average molecular weight is 222 g/mol. The molecule has 4 heteroatoms. The first-order valence-corrected chi connectivity index (χ1v) is 4.27. The summed E-state index contributed by atoms with van der Waals surface area (Å²) in [5.41, 5.74) is 6.46. The minimum atomic E-state index is -0.135. The van der Waals surface area contributed by atoms with Crippen LogP contribution >= 0.6 is 24.0 Å². The van der Waals surface area contributed by atoms with Gasteiger partial charge in [0, 0.05) is 11.6 Å². The number of benzene rings is 1. The molecule has 1 aromatic rings. The second-order valence-electron chi connectivity index (χ2n) is 2.69. The van der Waals surface area contributed by atoms with Crippen molar-refractivity contribution in [2.24, 2.45) is 5.73 Å². The predicted molar refractivity (Wildman–Crippen MR) is 57.6 cm³/mol. The van der Waals surface area contributed by atoms with Crippen molar-refractivity contribution in [2.75, 3.05) is 0 Å². The Hall–Kier alpha value is -0.440. The Balaban J connectivity index is 0.00000144. The van der Waals surface area contributed by atoms with Gasteiger partial charge in [-0.3, -0.25) is 0 Å². The fourth-order valence-electron chi connectivity index (χ4n) is 1.05. The Morgan fingerprint density at radius 2 is 2.15 bits per heavy atom. The van der Waals surface area contributed by atoms with Gasteiger partial charge in [0.2, 0.25) is 0 Å². The molecule has 0 saturated heterocycles. The number of phenols is 1. The first-order valence-electron chi connectivity index (χ1n) is 3.89. The monoisotopic (exact) mass is 221 g/mol. The quantitative estimate of drug-likeness (QED) is 0.808. The van der Waals surface area contributed by atoms with Gasteiger partial charge in [-0.2, -0.15) is 0 Å². The lowest BCUT2D eigenvalue weighted by atomic mass is 10.0. The molecular weight excluding hydrogens is 209 g/mol. The molecule has 1 atom stereocenters. The van der Waals surface area contributed by atoms with Crippen LogP contribution in [0.5, 0.6) is 5.75 Å². The molecule has 0 aliphatic carbocycles. The van der Waals surface area contributed by atoms with Gasteiger partial charge in [-0.05, 0) is 12.5 Å². The molecule has 1 rings (SSSR count). The molecule has 13 heavy (non-hydrogen) atoms. The largest absolute Gasteiger partial charge is 0.506 e. The van der Waals surface area contributed by atoms with E-state index in [1.54, 1.807) is 18.2 Å². The van der Waals surface area contributed by atoms with Gasteiger partial charge in [-0.25, -0.2) is 0 Å². The summed E-state index contributed by atoms with van der Waals surface area (Å²) in [6, 6.07) is 5.08. The zero-order valence-electron chi connectivity index (χ0n) is 7.33. The van der Waals surface area contributed by atoms with Gasteiger partial charge in [0.25, 0.3) is 0 Å². The van der Waals surface area contributed by atoms with Crippen molar-refractivity contribution in [2.45, 2.75) is 19.4 Å². The SMILES string of the molecule is CC[C@H](N)c1cccc(Cl)c1O.Cl. The summed E-state index contributed by atoms with van der Waals surface area (Å²) >= 11 is 5.71. The molecule has 0 bridgehead atoms. The third kappa shape index (κ3) is 2.76. The van der Waals surface area contributed by atoms with E-state index in [4.69, 9.17) is 17.3 Å². The molecule has 0 amide bonds. The molecule has 0 aromatic heterocycles. The third-order valence-corrected chi connectivity index (χ3v) is 2.16. The van der Waals surface area contributed by atoms with Gasteiger partial charge >= 0.3 is 0 Å². The van der Waals surface area contributed by atoms with E-state index in [0.717, 1.165) is 6.42 Å². The third-order valence-electron chi connectivity index (χ3n) is 1.86. The highest BCUT2D eigenvalue weighted by Gasteiger charge is 2.10. The second-order valence-corrected chi connectivity index (χ2v) is 3.10. The lowest BCUT2D eigenvalue weighted by Gasteiger charge is -2.11. The number of aromatic hydroxyl groups is 1. The molecular formula is C9H13Cl2NO. The molecule has 1 aromatic carbocycles. The van der Waals surface area contributed by atoms with E-state index in [9.17, 15) is 5.11 Å². The van der Waals surface area contributed by atoms with Crippen molar-refractivity contribution < 1.29 is 5.11 Å². The minimum absolute atomic E-state index is 0. The van der Waals surface area contributed by atoms with E-state index in [0.29, 0.717) is 10.6 Å². The number of rotatable bonds is 2. The van der Waals surface area contributed by atoms with Gasteiger partial charge in [-0.15, -0.1) is 12.4 Å². The molecule has 2 nitrogen and oxygen atoms in total. The highest BCUT2D eigenvalue weighted by atomic mass is 35.5. The first-order chi connectivity index (χ1) is 5.66. The number of hydrogen-bond acceptors (Lipinski definition) is 2. The van der Waals surface area contributed by atoms with Crippen LogP contribution in [0.25, 0.3) is 0 Å². The summed E-state index contributed by atoms with van der Waals surface area (Å²) in [5.74, 6) is 0.105. The fourth-order valence-corrected chi connectivity index (χ4v) is 1.23. The van der Waals surface area contributed by atoms with Crippen molar-refractivity contribution in [3.05, 3.63) is 28.8 Å². The lowest BCUT2D eigenvalue weighted by molar-refractivity contribution is 0.460. The van der Waals surface area contributed by atoms with Crippen molar-refractivity contribution in [1.29, 1.82) is 0 Å². The highest BCUT2D eigenvalue weighted by molar-refractivity contribution is 6.32. The van der Waals surface area contributed by atoms with Crippen LogP contribution in [0.2, 0.25) is 5.02 Å². The van der Waals surface area contributed by atoms with Gasteiger partial charge in [0.15, 0.2) is 0 Å². The number of nitrogens with two attached hydrogens (primary N) is 1. The van der Waals surface area contributed by atoms with Gasteiger partial charge < -0.3 is 10.8 Å². The van der Waals surface area contributed by atoms with E-state index in [1.165, 1.54) is 0 Å². The zero-order chi connectivity index (χ0) is 9.14. The standard InChI is InChI=1S/C9H12ClNO.ClH/c1-2-8(11)6-4-3-5-7(10)9(6)12;/h3-5,8,12H,2,11H2,1H3;1H/t8-;/m0./s1. The normalized spacial score (nSPS) is 11.9. The Bertz CT molecular complexity index is 278. The maximum Gasteiger partial charge on any atom is 0.138 e. The molecule has 0 radical (unpaired) electrons. The van der Waals surface area contributed by atoms with Gasteiger partial charge in [-0.1, -0.05) is 30.7 Å². The fraction of sp³-hybridized carbons (Fsp3) is 0.333. The Morgan fingerprint density at radius 3 is 2.69 bits per heavy atom. The number of phenolic OH excluding ortho intramolecular Hbond substituents is 1. The van der Waals surface area contributed by atoms with E-state index in [-0.39, 0.29) is 24.2 Å². The Kier molecular flexibility index (Phi) is 5.14. The Morgan fingerprint density at radius 1 is 1.54 bits per heavy atom. The summed E-state index contributed by atoms with van der Waals surface area (Å²) in [6.07, 6.45) is 0.786. The van der Waals surface area contributed by atoms with Crippen molar-refractivity contribution in [1.82, 2.24) is 0 Å². The number of hydrogen-bond donors (Lipinski definition) is 2. The van der Waals surface area contributed by atoms with Crippen LogP contribution in [0.3, 0.4) is 0 Å². The minimum Gasteiger partial charge on any atom is -0.506 e. The molecule has 0 aliphatic heterocycles. The van der Waals surface area contributed by atoms with Crippen LogP contribution < -0.4 is 5.73 Å². The summed E-state index contributed by atoms with van der Waals surface area (Å²) < 4.78 is 0. The summed E-state index contributed by atoms with van der Waals surface area (Å²) in [7, 11) is 0. The molecule has 0 unspecified atom stereocenters. The molecule has 0 aliphatic rings. The van der Waals surface area contributed by atoms with Crippen molar-refractivity contribution >= 4 is 24.0 Å².